The quantitative estimate of drug-likeness (QED) is 0.819. The van der Waals surface area contributed by atoms with Crippen molar-refractivity contribution in [3.63, 3.8) is 0 Å². The summed E-state index contributed by atoms with van der Waals surface area (Å²) in [5.74, 6) is 1.32. The van der Waals surface area contributed by atoms with Crippen molar-refractivity contribution >= 4 is 22.8 Å². The van der Waals surface area contributed by atoms with Crippen molar-refractivity contribution in [3.05, 3.63) is 34.2 Å². The van der Waals surface area contributed by atoms with Crippen molar-refractivity contribution in [2.24, 2.45) is 17.8 Å². The van der Waals surface area contributed by atoms with Gasteiger partial charge in [0.25, 0.3) is 0 Å². The van der Waals surface area contributed by atoms with Crippen LogP contribution in [0.1, 0.15) is 44.1 Å². The smallest absolute Gasteiger partial charge is 0.326 e. The highest BCUT2D eigenvalue weighted by Gasteiger charge is 2.36. The topological polar surface area (TPSA) is 78.4 Å². The van der Waals surface area contributed by atoms with E-state index < -0.39 is 0 Å². The molecule has 0 unspecified atom stereocenters. The summed E-state index contributed by atoms with van der Waals surface area (Å²) >= 11 is 0. The van der Waals surface area contributed by atoms with Crippen LogP contribution in [0, 0.1) is 24.7 Å². The van der Waals surface area contributed by atoms with Gasteiger partial charge < -0.3 is 14.8 Å². The summed E-state index contributed by atoms with van der Waals surface area (Å²) in [5, 5.41) is 0. The number of piperazine rings is 1. The van der Waals surface area contributed by atoms with E-state index in [4.69, 9.17) is 0 Å². The lowest BCUT2D eigenvalue weighted by Crippen LogP contribution is -2.52. The Balaban J connectivity index is 1.14. The second-order valence-electron chi connectivity index (χ2n) is 9.70. The molecule has 0 bridgehead atoms. The Hall–Kier alpha value is -2.57. The van der Waals surface area contributed by atoms with Crippen LogP contribution < -0.4 is 5.69 Å². The average Bonchev–Trinajstić information content (AvgIpc) is 3.59. The fourth-order valence-corrected chi connectivity index (χ4v) is 5.29. The summed E-state index contributed by atoms with van der Waals surface area (Å²) in [6.45, 7) is 5.45. The molecule has 2 amide bonds. The fraction of sp³-hybridized carbons (Fsp3) is 0.625. The molecule has 1 saturated heterocycles. The van der Waals surface area contributed by atoms with Gasteiger partial charge in [0.1, 0.15) is 0 Å². The van der Waals surface area contributed by atoms with Crippen LogP contribution in [-0.4, -0.2) is 57.3 Å². The van der Waals surface area contributed by atoms with E-state index in [9.17, 15) is 14.4 Å². The van der Waals surface area contributed by atoms with Crippen LogP contribution in [0.25, 0.3) is 11.0 Å². The van der Waals surface area contributed by atoms with Crippen molar-refractivity contribution in [2.75, 3.05) is 26.2 Å². The largest absolute Gasteiger partial charge is 0.339 e. The van der Waals surface area contributed by atoms with E-state index >= 15 is 0 Å². The molecule has 2 aliphatic carbocycles. The van der Waals surface area contributed by atoms with E-state index in [0.29, 0.717) is 38.6 Å². The minimum Gasteiger partial charge on any atom is -0.339 e. The minimum absolute atomic E-state index is 0.0441. The predicted molar refractivity (Wildman–Crippen MR) is 119 cm³/mol. The number of aromatic nitrogens is 2. The SMILES string of the molecule is Cc1ccc2[nH]c(=O)n(CC3CCC(C(=O)N4CCN(C(=O)C5CC5)CC4)CC3)c2c1. The Bertz CT molecular complexity index is 1030. The molecule has 5 rings (SSSR count). The van der Waals surface area contributed by atoms with E-state index in [2.05, 4.69) is 11.1 Å². The maximum Gasteiger partial charge on any atom is 0.326 e. The third-order valence-electron chi connectivity index (χ3n) is 7.40. The highest BCUT2D eigenvalue weighted by Crippen LogP contribution is 2.33. The first kappa shape index (κ1) is 20.3. The molecule has 2 heterocycles. The lowest BCUT2D eigenvalue weighted by atomic mass is 9.81. The number of rotatable bonds is 4. The number of H-pyrrole nitrogens is 1. The average molecular weight is 425 g/mol. The first-order valence-electron chi connectivity index (χ1n) is 11.8. The summed E-state index contributed by atoms with van der Waals surface area (Å²) in [7, 11) is 0. The highest BCUT2D eigenvalue weighted by atomic mass is 16.2. The van der Waals surface area contributed by atoms with Crippen molar-refractivity contribution in [1.29, 1.82) is 0 Å². The van der Waals surface area contributed by atoms with Crippen LogP contribution in [0.15, 0.2) is 23.0 Å². The Kier molecular flexibility index (Phi) is 5.36. The van der Waals surface area contributed by atoms with E-state index in [0.717, 1.165) is 55.1 Å². The maximum atomic E-state index is 13.0. The zero-order valence-electron chi connectivity index (χ0n) is 18.3. The summed E-state index contributed by atoms with van der Waals surface area (Å²) in [5.41, 5.74) is 2.96. The first-order chi connectivity index (χ1) is 15.0. The molecule has 1 aromatic carbocycles. The molecular weight excluding hydrogens is 392 g/mol. The van der Waals surface area contributed by atoms with Gasteiger partial charge in [0.15, 0.2) is 0 Å². The summed E-state index contributed by atoms with van der Waals surface area (Å²) in [6, 6.07) is 6.05. The monoisotopic (exact) mass is 424 g/mol. The van der Waals surface area contributed by atoms with Gasteiger partial charge in [-0.3, -0.25) is 14.2 Å². The molecule has 1 N–H and O–H groups in total. The van der Waals surface area contributed by atoms with Gasteiger partial charge in [-0.15, -0.1) is 0 Å². The molecule has 1 aliphatic heterocycles. The molecule has 166 valence electrons. The normalized spacial score (nSPS) is 24.5. The molecule has 0 atom stereocenters. The van der Waals surface area contributed by atoms with Gasteiger partial charge in [-0.25, -0.2) is 4.79 Å². The maximum absolute atomic E-state index is 13.0. The Labute approximate surface area is 182 Å². The Morgan fingerprint density at radius 3 is 2.00 bits per heavy atom. The lowest BCUT2D eigenvalue weighted by Gasteiger charge is -2.38. The molecule has 2 saturated carbocycles. The van der Waals surface area contributed by atoms with Crippen LogP contribution in [-0.2, 0) is 16.1 Å². The van der Waals surface area contributed by atoms with Crippen LogP contribution in [0.5, 0.6) is 0 Å². The fourth-order valence-electron chi connectivity index (χ4n) is 5.29. The molecule has 7 nitrogen and oxygen atoms in total. The van der Waals surface area contributed by atoms with E-state index in [1.165, 1.54) is 0 Å². The number of benzene rings is 1. The van der Waals surface area contributed by atoms with Crippen molar-refractivity contribution in [3.8, 4) is 0 Å². The van der Waals surface area contributed by atoms with Crippen molar-refractivity contribution in [2.45, 2.75) is 52.0 Å². The number of hydrogen-bond acceptors (Lipinski definition) is 3. The van der Waals surface area contributed by atoms with E-state index in [1.54, 1.807) is 0 Å². The molecule has 3 aliphatic rings. The molecule has 7 heteroatoms. The van der Waals surface area contributed by atoms with Gasteiger partial charge in [-0.2, -0.15) is 0 Å². The van der Waals surface area contributed by atoms with Crippen LogP contribution >= 0.6 is 0 Å². The number of carbonyl (C=O) groups is 2. The van der Waals surface area contributed by atoms with Crippen LogP contribution in [0.4, 0.5) is 0 Å². The third-order valence-corrected chi connectivity index (χ3v) is 7.40. The standard InChI is InChI=1S/C24H32N4O3/c1-16-2-9-20-21(14-16)28(24(31)25-20)15-17-3-5-18(6-4-17)22(29)26-10-12-27(13-11-26)23(30)19-7-8-19/h2,9,14,17-19H,3-8,10-13,15H2,1H3,(H,25,31). The predicted octanol–water partition coefficient (Wildman–Crippen LogP) is 2.53. The zero-order valence-corrected chi connectivity index (χ0v) is 18.3. The van der Waals surface area contributed by atoms with Crippen molar-refractivity contribution < 1.29 is 9.59 Å². The molecule has 1 aromatic heterocycles. The summed E-state index contributed by atoms with van der Waals surface area (Å²) in [4.78, 5) is 44.6. The highest BCUT2D eigenvalue weighted by molar-refractivity contribution is 5.82. The van der Waals surface area contributed by atoms with Crippen molar-refractivity contribution in [1.82, 2.24) is 19.4 Å². The second-order valence-corrected chi connectivity index (χ2v) is 9.70. The van der Waals surface area contributed by atoms with Crippen LogP contribution in [0.2, 0.25) is 0 Å². The number of hydrogen-bond donors (Lipinski definition) is 1. The number of fused-ring (bicyclic) bond motifs is 1. The Morgan fingerprint density at radius 1 is 0.903 bits per heavy atom. The second kappa shape index (κ2) is 8.17. The Morgan fingerprint density at radius 2 is 1.45 bits per heavy atom. The third kappa shape index (κ3) is 4.14. The molecule has 0 spiro atoms. The number of nitrogens with zero attached hydrogens (tertiary/aromatic N) is 3. The van der Waals surface area contributed by atoms with Gasteiger partial charge in [0, 0.05) is 44.6 Å². The van der Waals surface area contributed by atoms with Gasteiger partial charge in [0.2, 0.25) is 11.8 Å². The summed E-state index contributed by atoms with van der Waals surface area (Å²) in [6.07, 6.45) is 5.79. The van der Waals surface area contributed by atoms with Gasteiger partial charge in [-0.1, -0.05) is 6.07 Å². The van der Waals surface area contributed by atoms with Gasteiger partial charge >= 0.3 is 5.69 Å². The molecule has 31 heavy (non-hydrogen) atoms. The number of amides is 2. The number of nitrogens with one attached hydrogen (secondary N) is 1. The van der Waals surface area contributed by atoms with Gasteiger partial charge in [-0.05, 0) is 69.1 Å². The molecule has 2 aromatic rings. The minimum atomic E-state index is -0.0441. The molecular formula is C24H32N4O3. The van der Waals surface area contributed by atoms with E-state index in [-0.39, 0.29) is 29.3 Å². The lowest BCUT2D eigenvalue weighted by molar-refractivity contribution is -0.143. The number of carbonyl (C=O) groups excluding carboxylic acids is 2. The first-order valence-corrected chi connectivity index (χ1v) is 11.8. The van der Waals surface area contributed by atoms with Gasteiger partial charge in [0.05, 0.1) is 11.0 Å². The van der Waals surface area contributed by atoms with Crippen LogP contribution in [0.3, 0.4) is 0 Å². The molecule has 3 fully saturated rings. The van der Waals surface area contributed by atoms with E-state index in [1.807, 2.05) is 33.4 Å². The summed E-state index contributed by atoms with van der Waals surface area (Å²) < 4.78 is 1.87. The number of imidazole rings is 1. The molecule has 0 radical (unpaired) electrons. The zero-order chi connectivity index (χ0) is 21.5. The number of aryl methyl sites for hydroxylation is 1. The number of aromatic amines is 1.